The highest BCUT2D eigenvalue weighted by molar-refractivity contribution is 5.98. The van der Waals surface area contributed by atoms with E-state index in [4.69, 9.17) is 19.0 Å². The fraction of sp³-hybridized carbons (Fsp3) is 0.700. The molecule has 0 unspecified atom stereocenters. The lowest BCUT2D eigenvalue weighted by Crippen LogP contribution is -2.55. The Morgan fingerprint density at radius 1 is 1.15 bits per heavy atom. The van der Waals surface area contributed by atoms with Gasteiger partial charge in [0.1, 0.15) is 5.60 Å². The van der Waals surface area contributed by atoms with Crippen molar-refractivity contribution in [2.75, 3.05) is 32.1 Å². The Kier molecular flexibility index (Phi) is 8.54. The average Bonchev–Trinajstić information content (AvgIpc) is 3.60. The van der Waals surface area contributed by atoms with Crippen molar-refractivity contribution in [3.63, 3.8) is 0 Å². The van der Waals surface area contributed by atoms with E-state index in [9.17, 15) is 9.59 Å². The summed E-state index contributed by atoms with van der Waals surface area (Å²) in [6, 6.07) is 2.07. The van der Waals surface area contributed by atoms with Crippen molar-refractivity contribution in [3.8, 4) is 0 Å². The van der Waals surface area contributed by atoms with Gasteiger partial charge in [0.05, 0.1) is 17.8 Å². The molecule has 2 aliphatic carbocycles. The number of rotatable bonds is 9. The molecule has 224 valence electrons. The lowest BCUT2D eigenvalue weighted by molar-refractivity contribution is 0.00585. The molecule has 2 aromatic rings. The first-order valence-corrected chi connectivity index (χ1v) is 14.8. The molecule has 1 N–H and O–H groups in total. The molecule has 0 radical (unpaired) electrons. The molecule has 41 heavy (non-hydrogen) atoms. The van der Waals surface area contributed by atoms with E-state index in [2.05, 4.69) is 35.4 Å². The SMILES string of the molecule is COC1CC(Nc2cc(C3CC3)cnc2C(=O)N(CC(C)C)[C@H]2C[C@@H](c3ncon3)CN(C(=O)OC(C)(C)C)C2)C1. The second-order valence-electron chi connectivity index (χ2n) is 13.2. The van der Waals surface area contributed by atoms with Crippen molar-refractivity contribution in [2.24, 2.45) is 5.92 Å². The maximum atomic E-state index is 14.4. The van der Waals surface area contributed by atoms with E-state index >= 15 is 0 Å². The van der Waals surface area contributed by atoms with Gasteiger partial charge in [-0.2, -0.15) is 4.98 Å². The Balaban J connectivity index is 1.44. The summed E-state index contributed by atoms with van der Waals surface area (Å²) >= 11 is 0. The molecule has 2 amide bonds. The van der Waals surface area contributed by atoms with Gasteiger partial charge in [-0.25, -0.2) is 9.78 Å². The molecule has 0 spiro atoms. The minimum atomic E-state index is -0.643. The van der Waals surface area contributed by atoms with E-state index < -0.39 is 11.7 Å². The highest BCUT2D eigenvalue weighted by Crippen LogP contribution is 2.41. The number of aromatic nitrogens is 3. The second kappa shape index (κ2) is 12.0. The third-order valence-electron chi connectivity index (χ3n) is 8.04. The third kappa shape index (κ3) is 7.17. The maximum absolute atomic E-state index is 14.4. The van der Waals surface area contributed by atoms with Gasteiger partial charge in [0.25, 0.3) is 5.91 Å². The van der Waals surface area contributed by atoms with Gasteiger partial charge in [-0.3, -0.25) is 4.79 Å². The zero-order chi connectivity index (χ0) is 29.3. The summed E-state index contributed by atoms with van der Waals surface area (Å²) in [6.07, 6.45) is 7.68. The van der Waals surface area contributed by atoms with E-state index in [1.807, 2.05) is 31.9 Å². The Morgan fingerprint density at radius 2 is 1.90 bits per heavy atom. The summed E-state index contributed by atoms with van der Waals surface area (Å²) in [4.78, 5) is 40.2. The predicted molar refractivity (Wildman–Crippen MR) is 153 cm³/mol. The molecule has 0 aromatic carbocycles. The minimum absolute atomic E-state index is 0.144. The van der Waals surface area contributed by atoms with Crippen LogP contribution in [0.25, 0.3) is 0 Å². The quantitative estimate of drug-likeness (QED) is 0.453. The Morgan fingerprint density at radius 3 is 2.51 bits per heavy atom. The zero-order valence-corrected chi connectivity index (χ0v) is 25.1. The highest BCUT2D eigenvalue weighted by Gasteiger charge is 2.40. The van der Waals surface area contributed by atoms with Crippen LogP contribution in [0.1, 0.15) is 100 Å². The number of amides is 2. The number of nitrogens with one attached hydrogen (secondary N) is 1. The summed E-state index contributed by atoms with van der Waals surface area (Å²) in [5.74, 6) is 0.895. The summed E-state index contributed by atoms with van der Waals surface area (Å²) in [7, 11) is 1.74. The van der Waals surface area contributed by atoms with Gasteiger partial charge in [0.2, 0.25) is 6.39 Å². The van der Waals surface area contributed by atoms with Crippen LogP contribution in [0.3, 0.4) is 0 Å². The van der Waals surface area contributed by atoms with E-state index in [1.54, 1.807) is 12.0 Å². The van der Waals surface area contributed by atoms with Crippen LogP contribution in [0.2, 0.25) is 0 Å². The molecule has 11 heteroatoms. The molecule has 3 fully saturated rings. The van der Waals surface area contributed by atoms with E-state index in [0.717, 1.165) is 31.4 Å². The third-order valence-corrected chi connectivity index (χ3v) is 8.04. The van der Waals surface area contributed by atoms with Crippen LogP contribution >= 0.6 is 0 Å². The average molecular weight is 569 g/mol. The van der Waals surface area contributed by atoms with Crippen LogP contribution < -0.4 is 5.32 Å². The van der Waals surface area contributed by atoms with Gasteiger partial charge in [-0.05, 0) is 76.3 Å². The van der Waals surface area contributed by atoms with Crippen molar-refractivity contribution in [2.45, 2.75) is 102 Å². The largest absolute Gasteiger partial charge is 0.444 e. The van der Waals surface area contributed by atoms with Crippen LogP contribution in [0, 0.1) is 5.92 Å². The lowest BCUT2D eigenvalue weighted by atomic mass is 9.89. The van der Waals surface area contributed by atoms with Crippen LogP contribution in [-0.4, -0.2) is 87.5 Å². The monoisotopic (exact) mass is 568 g/mol. The lowest BCUT2D eigenvalue weighted by Gasteiger charge is -2.43. The number of methoxy groups -OCH3 is 1. The molecule has 2 atom stereocenters. The number of anilines is 1. The molecule has 3 aliphatic rings. The fourth-order valence-corrected chi connectivity index (χ4v) is 5.74. The molecule has 1 aliphatic heterocycles. The molecule has 2 aromatic heterocycles. The van der Waals surface area contributed by atoms with Crippen LogP contribution in [0.5, 0.6) is 0 Å². The summed E-state index contributed by atoms with van der Waals surface area (Å²) in [6.45, 7) is 11.0. The topological polar surface area (TPSA) is 123 Å². The van der Waals surface area contributed by atoms with E-state index in [0.29, 0.717) is 43.5 Å². The predicted octanol–water partition coefficient (Wildman–Crippen LogP) is 4.82. The number of nitrogens with zero attached hydrogens (tertiary/aromatic N) is 5. The van der Waals surface area contributed by atoms with Crippen molar-refractivity contribution in [1.82, 2.24) is 24.9 Å². The summed E-state index contributed by atoms with van der Waals surface area (Å²) < 4.78 is 16.2. The van der Waals surface area contributed by atoms with Gasteiger partial charge in [0, 0.05) is 44.9 Å². The molecule has 3 heterocycles. The first kappa shape index (κ1) is 29.3. The molecule has 2 saturated carbocycles. The molecule has 11 nitrogen and oxygen atoms in total. The summed E-state index contributed by atoms with van der Waals surface area (Å²) in [5.41, 5.74) is 1.73. The van der Waals surface area contributed by atoms with Gasteiger partial charge in [-0.1, -0.05) is 19.0 Å². The number of hydrogen-bond acceptors (Lipinski definition) is 9. The van der Waals surface area contributed by atoms with Gasteiger partial charge in [-0.15, -0.1) is 0 Å². The summed E-state index contributed by atoms with van der Waals surface area (Å²) in [5, 5.41) is 7.68. The first-order chi connectivity index (χ1) is 19.5. The van der Waals surface area contributed by atoms with Crippen LogP contribution in [0.15, 0.2) is 23.2 Å². The molecule has 1 saturated heterocycles. The molecular weight excluding hydrogens is 524 g/mol. The number of piperidine rings is 1. The van der Waals surface area contributed by atoms with E-state index in [-0.39, 0.29) is 35.9 Å². The number of ether oxygens (including phenoxy) is 2. The number of carbonyl (C=O) groups excluding carboxylic acids is 2. The molecule has 0 bridgehead atoms. The number of hydrogen-bond donors (Lipinski definition) is 1. The fourth-order valence-electron chi connectivity index (χ4n) is 5.74. The first-order valence-electron chi connectivity index (χ1n) is 14.8. The van der Waals surface area contributed by atoms with Gasteiger partial charge >= 0.3 is 6.09 Å². The normalized spacial score (nSPS) is 24.6. The number of carbonyl (C=O) groups is 2. The van der Waals surface area contributed by atoms with Crippen molar-refractivity contribution in [1.29, 1.82) is 0 Å². The van der Waals surface area contributed by atoms with E-state index in [1.165, 1.54) is 12.0 Å². The number of likely N-dealkylation sites (tertiary alicyclic amines) is 1. The Labute approximate surface area is 242 Å². The standard InChI is InChI=1S/C30H44N6O5/c1-18(2)14-36(23-9-21(27-32-17-40-34-27)15-35(16-23)29(38)41-30(3,4)5)28(37)26-25(33-22-11-24(12-22)39-6)10-20(13-31-26)19-7-8-19/h10,13,17-19,21-24,33H,7-9,11-12,14-16H2,1-6H3/t21-,22?,23+,24?/m1/s1. The van der Waals surface area contributed by atoms with Crippen LogP contribution in [0.4, 0.5) is 10.5 Å². The molecule has 5 rings (SSSR count). The Hall–Kier alpha value is -3.21. The maximum Gasteiger partial charge on any atom is 0.410 e. The van der Waals surface area contributed by atoms with Crippen LogP contribution in [-0.2, 0) is 9.47 Å². The smallest absolute Gasteiger partial charge is 0.410 e. The zero-order valence-electron chi connectivity index (χ0n) is 25.1. The van der Waals surface area contributed by atoms with Crippen molar-refractivity contribution < 1.29 is 23.6 Å². The van der Waals surface area contributed by atoms with Crippen molar-refractivity contribution in [3.05, 3.63) is 35.7 Å². The van der Waals surface area contributed by atoms with Gasteiger partial charge in [0.15, 0.2) is 11.5 Å². The second-order valence-corrected chi connectivity index (χ2v) is 13.2. The van der Waals surface area contributed by atoms with Crippen molar-refractivity contribution >= 4 is 17.7 Å². The molecular formula is C30H44N6O5. The highest BCUT2D eigenvalue weighted by atomic mass is 16.6. The van der Waals surface area contributed by atoms with Gasteiger partial charge < -0.3 is 29.1 Å². The number of pyridine rings is 1. The minimum Gasteiger partial charge on any atom is -0.444 e. The Bertz CT molecular complexity index is 1200.